The van der Waals surface area contributed by atoms with Crippen LogP contribution < -0.4 is 10.6 Å². The lowest BCUT2D eigenvalue weighted by Gasteiger charge is -2.11. The molecule has 4 aromatic rings. The maximum absolute atomic E-state index is 12.4. The smallest absolute Gasteiger partial charge is 0.255 e. The molecule has 0 atom stereocenters. The molecule has 0 radical (unpaired) electrons. The second-order valence-electron chi connectivity index (χ2n) is 6.36. The van der Waals surface area contributed by atoms with Crippen molar-refractivity contribution in [3.63, 3.8) is 0 Å². The highest BCUT2D eigenvalue weighted by molar-refractivity contribution is 6.04. The van der Waals surface area contributed by atoms with E-state index in [0.717, 1.165) is 22.5 Å². The van der Waals surface area contributed by atoms with Crippen molar-refractivity contribution in [2.75, 3.05) is 10.6 Å². The van der Waals surface area contributed by atoms with Gasteiger partial charge < -0.3 is 15.6 Å². The molecule has 2 heterocycles. The Morgan fingerprint density at radius 1 is 1.00 bits per heavy atom. The summed E-state index contributed by atoms with van der Waals surface area (Å²) in [5.74, 6) is 0.473. The zero-order valence-electron chi connectivity index (χ0n) is 15.3. The molecule has 0 aliphatic rings. The van der Waals surface area contributed by atoms with E-state index in [9.17, 15) is 4.79 Å². The Morgan fingerprint density at radius 3 is 2.64 bits per heavy atom. The molecule has 6 nitrogen and oxygen atoms in total. The standard InChI is InChI=1S/C22H19N5O/c1-15-9-10-18(25-21(28)16-6-3-2-4-7-16)12-19(15)26-22-24-14-20(27-22)17-8-5-11-23-13-17/h2-14H,1H3,(H,25,28)(H2,24,26,27). The van der Waals surface area contributed by atoms with Crippen molar-refractivity contribution >= 4 is 23.2 Å². The van der Waals surface area contributed by atoms with Gasteiger partial charge in [0.05, 0.1) is 11.9 Å². The second-order valence-corrected chi connectivity index (χ2v) is 6.36. The van der Waals surface area contributed by atoms with Crippen molar-refractivity contribution in [1.82, 2.24) is 15.0 Å². The SMILES string of the molecule is Cc1ccc(NC(=O)c2ccccc2)cc1Nc1ncc(-c2cccnc2)[nH]1. The van der Waals surface area contributed by atoms with Crippen LogP contribution in [0.2, 0.25) is 0 Å². The average molecular weight is 369 g/mol. The summed E-state index contributed by atoms with van der Waals surface area (Å²) in [6.45, 7) is 2.00. The van der Waals surface area contributed by atoms with Crippen molar-refractivity contribution in [3.05, 3.63) is 90.4 Å². The van der Waals surface area contributed by atoms with Crippen LogP contribution in [0.3, 0.4) is 0 Å². The molecule has 0 spiro atoms. The van der Waals surface area contributed by atoms with Crippen molar-refractivity contribution in [2.45, 2.75) is 6.92 Å². The van der Waals surface area contributed by atoms with E-state index in [1.54, 1.807) is 30.7 Å². The molecule has 0 unspecified atom stereocenters. The maximum atomic E-state index is 12.4. The van der Waals surface area contributed by atoms with E-state index in [1.165, 1.54) is 0 Å². The lowest BCUT2D eigenvalue weighted by molar-refractivity contribution is 0.102. The van der Waals surface area contributed by atoms with Gasteiger partial charge in [0.15, 0.2) is 0 Å². The molecule has 0 saturated carbocycles. The number of aromatic amines is 1. The van der Waals surface area contributed by atoms with Crippen molar-refractivity contribution in [2.24, 2.45) is 0 Å². The van der Waals surface area contributed by atoms with Crippen LogP contribution in [0.15, 0.2) is 79.3 Å². The van der Waals surface area contributed by atoms with Crippen LogP contribution in [-0.2, 0) is 0 Å². The first-order valence-corrected chi connectivity index (χ1v) is 8.88. The molecular weight excluding hydrogens is 350 g/mol. The monoisotopic (exact) mass is 369 g/mol. The number of amides is 1. The minimum absolute atomic E-state index is 0.146. The van der Waals surface area contributed by atoms with Gasteiger partial charge in [-0.3, -0.25) is 9.78 Å². The predicted octanol–water partition coefficient (Wildman–Crippen LogP) is 4.78. The number of H-pyrrole nitrogens is 1. The van der Waals surface area contributed by atoms with Gasteiger partial charge in [-0.2, -0.15) is 0 Å². The highest BCUT2D eigenvalue weighted by Crippen LogP contribution is 2.25. The van der Waals surface area contributed by atoms with Gasteiger partial charge in [-0.1, -0.05) is 24.3 Å². The number of aromatic nitrogens is 3. The first-order valence-electron chi connectivity index (χ1n) is 8.88. The van der Waals surface area contributed by atoms with Crippen molar-refractivity contribution in [1.29, 1.82) is 0 Å². The van der Waals surface area contributed by atoms with E-state index in [0.29, 0.717) is 17.2 Å². The summed E-state index contributed by atoms with van der Waals surface area (Å²) in [5.41, 5.74) is 5.06. The second kappa shape index (κ2) is 7.75. The van der Waals surface area contributed by atoms with Crippen LogP contribution in [0, 0.1) is 6.92 Å². The fourth-order valence-corrected chi connectivity index (χ4v) is 2.81. The van der Waals surface area contributed by atoms with Crippen LogP contribution in [0.5, 0.6) is 0 Å². The van der Waals surface area contributed by atoms with E-state index in [1.807, 2.05) is 55.5 Å². The molecule has 2 aromatic heterocycles. The quantitative estimate of drug-likeness (QED) is 0.473. The van der Waals surface area contributed by atoms with Gasteiger partial charge >= 0.3 is 0 Å². The van der Waals surface area contributed by atoms with Crippen molar-refractivity contribution < 1.29 is 4.79 Å². The highest BCUT2D eigenvalue weighted by Gasteiger charge is 2.09. The van der Waals surface area contributed by atoms with Gasteiger partial charge in [0, 0.05) is 34.9 Å². The number of carbonyl (C=O) groups is 1. The number of anilines is 3. The highest BCUT2D eigenvalue weighted by atomic mass is 16.1. The topological polar surface area (TPSA) is 82.7 Å². The maximum Gasteiger partial charge on any atom is 0.255 e. The van der Waals surface area contributed by atoms with Crippen LogP contribution in [0.4, 0.5) is 17.3 Å². The molecule has 3 N–H and O–H groups in total. The molecule has 28 heavy (non-hydrogen) atoms. The molecule has 0 aliphatic heterocycles. The number of carbonyl (C=O) groups excluding carboxylic acids is 1. The number of imidazole rings is 1. The molecule has 2 aromatic carbocycles. The van der Waals surface area contributed by atoms with E-state index in [2.05, 4.69) is 25.6 Å². The molecule has 0 saturated heterocycles. The van der Waals surface area contributed by atoms with Gasteiger partial charge in [0.2, 0.25) is 5.95 Å². The lowest BCUT2D eigenvalue weighted by Crippen LogP contribution is -2.11. The number of nitrogens with zero attached hydrogens (tertiary/aromatic N) is 2. The molecular formula is C22H19N5O. The Balaban J connectivity index is 1.52. The minimum atomic E-state index is -0.146. The van der Waals surface area contributed by atoms with Gasteiger partial charge in [-0.25, -0.2) is 4.98 Å². The van der Waals surface area contributed by atoms with Gasteiger partial charge in [0.25, 0.3) is 5.91 Å². The summed E-state index contributed by atoms with van der Waals surface area (Å²) < 4.78 is 0. The molecule has 138 valence electrons. The molecule has 1 amide bonds. The number of nitrogens with one attached hydrogen (secondary N) is 3. The largest absolute Gasteiger partial charge is 0.325 e. The first kappa shape index (κ1) is 17.5. The Morgan fingerprint density at radius 2 is 1.86 bits per heavy atom. The molecule has 4 rings (SSSR count). The molecule has 0 aliphatic carbocycles. The first-order chi connectivity index (χ1) is 13.7. The molecule has 0 fully saturated rings. The summed E-state index contributed by atoms with van der Waals surface area (Å²) in [5, 5.41) is 6.20. The van der Waals surface area contributed by atoms with Gasteiger partial charge in [0.1, 0.15) is 0 Å². The Bertz CT molecular complexity index is 1090. The van der Waals surface area contributed by atoms with Crippen LogP contribution >= 0.6 is 0 Å². The minimum Gasteiger partial charge on any atom is -0.325 e. The fourth-order valence-electron chi connectivity index (χ4n) is 2.81. The van der Waals surface area contributed by atoms with E-state index in [4.69, 9.17) is 0 Å². The lowest BCUT2D eigenvalue weighted by atomic mass is 10.1. The Kier molecular flexibility index (Phi) is 4.84. The zero-order valence-corrected chi connectivity index (χ0v) is 15.3. The summed E-state index contributed by atoms with van der Waals surface area (Å²) in [6.07, 6.45) is 5.27. The number of benzene rings is 2. The third-order valence-corrected chi connectivity index (χ3v) is 4.33. The van der Waals surface area contributed by atoms with Crippen LogP contribution in [0.1, 0.15) is 15.9 Å². The number of pyridine rings is 1. The zero-order chi connectivity index (χ0) is 19.3. The molecule has 0 bridgehead atoms. The van der Waals surface area contributed by atoms with E-state index < -0.39 is 0 Å². The number of hydrogen-bond acceptors (Lipinski definition) is 4. The number of rotatable bonds is 5. The summed E-state index contributed by atoms with van der Waals surface area (Å²) >= 11 is 0. The Hall–Kier alpha value is -3.93. The normalized spacial score (nSPS) is 10.5. The fraction of sp³-hybridized carbons (Fsp3) is 0.0455. The van der Waals surface area contributed by atoms with Gasteiger partial charge in [-0.15, -0.1) is 0 Å². The third-order valence-electron chi connectivity index (χ3n) is 4.33. The van der Waals surface area contributed by atoms with Crippen LogP contribution in [0.25, 0.3) is 11.3 Å². The van der Waals surface area contributed by atoms with Crippen LogP contribution in [-0.4, -0.2) is 20.9 Å². The molecule has 6 heteroatoms. The number of aryl methyl sites for hydroxylation is 1. The Labute approximate surface area is 162 Å². The van der Waals surface area contributed by atoms with Gasteiger partial charge in [-0.05, 0) is 48.9 Å². The van der Waals surface area contributed by atoms with E-state index in [-0.39, 0.29) is 5.91 Å². The van der Waals surface area contributed by atoms with Crippen molar-refractivity contribution in [3.8, 4) is 11.3 Å². The third kappa shape index (κ3) is 3.91. The summed E-state index contributed by atoms with van der Waals surface area (Å²) in [7, 11) is 0. The summed E-state index contributed by atoms with van der Waals surface area (Å²) in [4.78, 5) is 24.1. The average Bonchev–Trinajstić information content (AvgIpc) is 3.20. The summed E-state index contributed by atoms with van der Waals surface area (Å²) in [6, 6.07) is 18.7. The predicted molar refractivity (Wildman–Crippen MR) is 111 cm³/mol. The number of hydrogen-bond donors (Lipinski definition) is 3. The van der Waals surface area contributed by atoms with E-state index >= 15 is 0 Å².